The monoisotopic (exact) mass is 714 g/mol. The van der Waals surface area contributed by atoms with Crippen molar-refractivity contribution >= 4 is 17.7 Å². The number of esters is 1. The number of Topliss-reactive ketones (excluding diaryl/α,β-unsaturated/α-hetero) is 1. The van der Waals surface area contributed by atoms with Crippen molar-refractivity contribution in [3.63, 3.8) is 0 Å². The highest BCUT2D eigenvalue weighted by Crippen LogP contribution is 1.99. The number of unbranched alkanes of at least 4 members (excludes halogenated alkanes) is 3. The van der Waals surface area contributed by atoms with Gasteiger partial charge in [0.2, 0.25) is 5.78 Å². The van der Waals surface area contributed by atoms with Crippen molar-refractivity contribution in [2.45, 2.75) is 45.4 Å². The molecule has 0 saturated heterocycles. The van der Waals surface area contributed by atoms with Crippen molar-refractivity contribution in [3.05, 3.63) is 0 Å². The first kappa shape index (κ1) is 47.2. The van der Waals surface area contributed by atoms with E-state index in [9.17, 15) is 14.4 Å². The van der Waals surface area contributed by atoms with Crippen LogP contribution in [0.5, 0.6) is 0 Å². The van der Waals surface area contributed by atoms with Crippen LogP contribution in [0.15, 0.2) is 0 Å². The van der Waals surface area contributed by atoms with Crippen LogP contribution in [0.4, 0.5) is 0 Å². The first-order valence-corrected chi connectivity index (χ1v) is 17.3. The summed E-state index contributed by atoms with van der Waals surface area (Å²) in [6, 6.07) is 0. The number of carbonyl (C=O) groups excluding carboxylic acids is 2. The van der Waals surface area contributed by atoms with Crippen LogP contribution in [-0.4, -0.2) is 175 Å². The number of ether oxygens (including phenoxy) is 12. The molecule has 0 bridgehead atoms. The molecule has 16 nitrogen and oxygen atoms in total. The molecule has 0 spiro atoms. The third kappa shape index (κ3) is 40.5. The van der Waals surface area contributed by atoms with Crippen LogP contribution >= 0.6 is 0 Å². The van der Waals surface area contributed by atoms with Gasteiger partial charge in [0, 0.05) is 13.0 Å². The van der Waals surface area contributed by atoms with Gasteiger partial charge in [0.15, 0.2) is 0 Å². The molecule has 0 fully saturated rings. The van der Waals surface area contributed by atoms with Gasteiger partial charge in [-0.25, -0.2) is 4.79 Å². The van der Waals surface area contributed by atoms with Gasteiger partial charge < -0.3 is 61.9 Å². The lowest BCUT2D eigenvalue weighted by molar-refractivity contribution is -0.151. The maximum absolute atomic E-state index is 11.4. The van der Waals surface area contributed by atoms with E-state index in [1.165, 1.54) is 19.3 Å². The normalized spacial score (nSPS) is 11.3. The molecule has 0 heterocycles. The summed E-state index contributed by atoms with van der Waals surface area (Å²) in [6.07, 6.45) is 4.20. The zero-order valence-corrected chi connectivity index (χ0v) is 29.6. The summed E-state index contributed by atoms with van der Waals surface area (Å²) in [6.45, 7) is 12.8. The number of hydrogen-bond donors (Lipinski definition) is 1. The fraction of sp³-hybridized carbons (Fsp3) is 0.909. The average Bonchev–Trinajstić information content (AvgIpc) is 3.10. The van der Waals surface area contributed by atoms with Crippen molar-refractivity contribution in [2.24, 2.45) is 0 Å². The van der Waals surface area contributed by atoms with Crippen LogP contribution in [0, 0.1) is 0 Å². The molecule has 0 aliphatic heterocycles. The van der Waals surface area contributed by atoms with E-state index in [1.807, 2.05) is 0 Å². The second-order valence-electron chi connectivity index (χ2n) is 10.2. The summed E-state index contributed by atoms with van der Waals surface area (Å²) in [4.78, 5) is 32.6. The number of aliphatic carboxylic acids is 1. The Labute approximate surface area is 291 Å². The summed E-state index contributed by atoms with van der Waals surface area (Å²) in [5.74, 6) is -3.24. The summed E-state index contributed by atoms with van der Waals surface area (Å²) < 4.78 is 64.6. The lowest BCUT2D eigenvalue weighted by Gasteiger charge is -2.09. The summed E-state index contributed by atoms with van der Waals surface area (Å²) >= 11 is 0. The lowest BCUT2D eigenvalue weighted by Crippen LogP contribution is -2.17. The molecule has 0 aliphatic rings. The zero-order chi connectivity index (χ0) is 35.7. The molecule has 0 rings (SSSR count). The molecule has 49 heavy (non-hydrogen) atoms. The molecule has 0 aromatic rings. The topological polar surface area (TPSA) is 182 Å². The highest BCUT2D eigenvalue weighted by molar-refractivity contribution is 6.32. The first-order valence-electron chi connectivity index (χ1n) is 17.3. The number of carbonyl (C=O) groups is 3. The largest absolute Gasteiger partial charge is 0.476 e. The van der Waals surface area contributed by atoms with E-state index in [0.29, 0.717) is 132 Å². The highest BCUT2D eigenvalue weighted by Gasteiger charge is 2.14. The van der Waals surface area contributed by atoms with Crippen LogP contribution in [0.3, 0.4) is 0 Å². The van der Waals surface area contributed by atoms with E-state index < -0.39 is 17.7 Å². The number of ketones is 1. The second kappa shape index (κ2) is 40.6. The Hall–Kier alpha value is -1.83. The maximum Gasteiger partial charge on any atom is 0.372 e. The predicted octanol–water partition coefficient (Wildman–Crippen LogP) is 1.73. The van der Waals surface area contributed by atoms with Gasteiger partial charge in [-0.2, -0.15) is 0 Å². The van der Waals surface area contributed by atoms with E-state index in [-0.39, 0.29) is 26.1 Å². The predicted molar refractivity (Wildman–Crippen MR) is 176 cm³/mol. The van der Waals surface area contributed by atoms with Gasteiger partial charge >= 0.3 is 11.9 Å². The van der Waals surface area contributed by atoms with Crippen molar-refractivity contribution in [1.82, 2.24) is 0 Å². The van der Waals surface area contributed by atoms with Crippen LogP contribution in [-0.2, 0) is 71.2 Å². The summed E-state index contributed by atoms with van der Waals surface area (Å²) in [5, 5.41) is 8.44. The maximum atomic E-state index is 11.4. The van der Waals surface area contributed by atoms with Crippen LogP contribution in [0.1, 0.15) is 45.4 Å². The SMILES string of the molecule is CCCCCCOCCOCCOCCOCCOCCOCCOCCOCCOCCOCCOCCOC(=O)CCC(=O)C(=O)O. The van der Waals surface area contributed by atoms with E-state index in [4.69, 9.17) is 61.9 Å². The minimum Gasteiger partial charge on any atom is -0.476 e. The van der Waals surface area contributed by atoms with E-state index in [1.54, 1.807) is 0 Å². The molecule has 16 heteroatoms. The second-order valence-corrected chi connectivity index (χ2v) is 10.2. The quantitative estimate of drug-likeness (QED) is 0.0548. The van der Waals surface area contributed by atoms with E-state index in [2.05, 4.69) is 6.92 Å². The molecule has 0 radical (unpaired) electrons. The smallest absolute Gasteiger partial charge is 0.372 e. The molecule has 0 unspecified atom stereocenters. The standard InChI is InChI=1S/C33H62O16/c1-2-3-4-5-8-38-9-10-39-11-12-40-13-14-41-15-16-42-17-18-43-19-20-44-21-22-45-23-24-46-25-26-47-27-28-48-29-30-49-32(35)7-6-31(34)33(36)37/h2-30H2,1H3,(H,36,37). The van der Waals surface area contributed by atoms with Crippen molar-refractivity contribution in [1.29, 1.82) is 0 Å². The molecule has 1 N–H and O–H groups in total. The van der Waals surface area contributed by atoms with Gasteiger partial charge in [-0.15, -0.1) is 0 Å². The Morgan fingerprint density at radius 1 is 0.367 bits per heavy atom. The molecular formula is C33H62O16. The zero-order valence-electron chi connectivity index (χ0n) is 29.6. The Balaban J connectivity index is 3.11. The van der Waals surface area contributed by atoms with Crippen LogP contribution in [0.2, 0.25) is 0 Å². The Bertz CT molecular complexity index is 727. The number of carboxylic acids is 1. The number of hydrogen-bond acceptors (Lipinski definition) is 15. The first-order chi connectivity index (χ1) is 24.1. The summed E-state index contributed by atoms with van der Waals surface area (Å²) in [5.41, 5.74) is 0. The van der Waals surface area contributed by atoms with Crippen molar-refractivity contribution in [2.75, 3.05) is 152 Å². The molecule has 0 atom stereocenters. The van der Waals surface area contributed by atoms with Crippen LogP contribution in [0.25, 0.3) is 0 Å². The fourth-order valence-electron chi connectivity index (χ4n) is 3.54. The summed E-state index contributed by atoms with van der Waals surface area (Å²) in [7, 11) is 0. The van der Waals surface area contributed by atoms with Gasteiger partial charge in [0.05, 0.1) is 145 Å². The van der Waals surface area contributed by atoms with Gasteiger partial charge in [-0.3, -0.25) is 9.59 Å². The molecule has 0 amide bonds. The van der Waals surface area contributed by atoms with Crippen molar-refractivity contribution in [3.8, 4) is 0 Å². The minimum absolute atomic E-state index is 0.0146. The fourth-order valence-corrected chi connectivity index (χ4v) is 3.54. The van der Waals surface area contributed by atoms with E-state index >= 15 is 0 Å². The van der Waals surface area contributed by atoms with Crippen LogP contribution < -0.4 is 0 Å². The molecule has 290 valence electrons. The third-order valence-electron chi connectivity index (χ3n) is 6.15. The average molecular weight is 715 g/mol. The Morgan fingerprint density at radius 2 is 0.653 bits per heavy atom. The van der Waals surface area contributed by atoms with Gasteiger partial charge in [0.25, 0.3) is 0 Å². The van der Waals surface area contributed by atoms with Crippen molar-refractivity contribution < 1.29 is 76.3 Å². The Kier molecular flexibility index (Phi) is 39.1. The minimum atomic E-state index is -1.56. The van der Waals surface area contributed by atoms with Gasteiger partial charge in [0.1, 0.15) is 6.61 Å². The van der Waals surface area contributed by atoms with E-state index in [0.717, 1.165) is 13.0 Å². The highest BCUT2D eigenvalue weighted by atomic mass is 16.6. The molecule has 0 saturated carbocycles. The van der Waals surface area contributed by atoms with Gasteiger partial charge in [-0.1, -0.05) is 26.2 Å². The molecular weight excluding hydrogens is 652 g/mol. The lowest BCUT2D eigenvalue weighted by atomic mass is 10.2. The van der Waals surface area contributed by atoms with Gasteiger partial charge in [-0.05, 0) is 6.42 Å². The third-order valence-corrected chi connectivity index (χ3v) is 6.15. The number of carboxylic acid groups (broad SMARTS) is 1. The molecule has 0 aliphatic carbocycles. The number of rotatable bonds is 42. The molecule has 0 aromatic carbocycles. The Morgan fingerprint density at radius 3 is 0.939 bits per heavy atom. The molecule has 0 aromatic heterocycles.